The van der Waals surface area contributed by atoms with Gasteiger partial charge in [0.15, 0.2) is 0 Å². The van der Waals surface area contributed by atoms with Gasteiger partial charge in [0.05, 0.1) is 16.8 Å². The van der Waals surface area contributed by atoms with Crippen molar-refractivity contribution >= 4 is 43.5 Å². The molecule has 0 amide bonds. The average molecular weight is 302 g/mol. The van der Waals surface area contributed by atoms with Crippen molar-refractivity contribution in [3.8, 4) is 0 Å². The molecule has 0 aliphatic carbocycles. The van der Waals surface area contributed by atoms with Gasteiger partial charge in [-0.2, -0.15) is 0 Å². The SMILES string of the molecule is O=C(O)COCc1nc2ccc(Br)cc2s1. The first-order chi connectivity index (χ1) is 7.65. The predicted molar refractivity (Wildman–Crippen MR) is 64.6 cm³/mol. The number of aromatic nitrogens is 1. The smallest absolute Gasteiger partial charge is 0.329 e. The molecule has 1 aromatic carbocycles. The van der Waals surface area contributed by atoms with E-state index < -0.39 is 5.97 Å². The van der Waals surface area contributed by atoms with Gasteiger partial charge in [-0.3, -0.25) is 0 Å². The lowest BCUT2D eigenvalue weighted by molar-refractivity contribution is -0.142. The van der Waals surface area contributed by atoms with Crippen LogP contribution in [0.4, 0.5) is 0 Å². The van der Waals surface area contributed by atoms with Gasteiger partial charge >= 0.3 is 5.97 Å². The zero-order chi connectivity index (χ0) is 11.5. The van der Waals surface area contributed by atoms with Crippen LogP contribution in [-0.2, 0) is 16.1 Å². The zero-order valence-electron chi connectivity index (χ0n) is 8.14. The first kappa shape index (κ1) is 11.5. The lowest BCUT2D eigenvalue weighted by atomic mass is 10.3. The maximum absolute atomic E-state index is 10.3. The summed E-state index contributed by atoms with van der Waals surface area (Å²) in [6.45, 7) is -0.0527. The van der Waals surface area contributed by atoms with E-state index in [0.717, 1.165) is 19.7 Å². The molecule has 1 aromatic heterocycles. The number of carboxylic acids is 1. The van der Waals surface area contributed by atoms with Crippen LogP contribution >= 0.6 is 27.3 Å². The molecule has 1 heterocycles. The van der Waals surface area contributed by atoms with Gasteiger partial charge in [-0.25, -0.2) is 9.78 Å². The summed E-state index contributed by atoms with van der Waals surface area (Å²) in [5.41, 5.74) is 0.905. The summed E-state index contributed by atoms with van der Waals surface area (Å²) in [4.78, 5) is 14.6. The van der Waals surface area contributed by atoms with Crippen LogP contribution in [0.5, 0.6) is 0 Å². The quantitative estimate of drug-likeness (QED) is 0.943. The van der Waals surface area contributed by atoms with Crippen LogP contribution in [0.25, 0.3) is 10.2 Å². The van der Waals surface area contributed by atoms with Gasteiger partial charge in [-0.1, -0.05) is 15.9 Å². The Morgan fingerprint density at radius 1 is 1.56 bits per heavy atom. The van der Waals surface area contributed by atoms with Crippen LogP contribution < -0.4 is 0 Å². The highest BCUT2D eigenvalue weighted by Gasteiger charge is 2.05. The maximum Gasteiger partial charge on any atom is 0.329 e. The van der Waals surface area contributed by atoms with E-state index >= 15 is 0 Å². The molecule has 0 aliphatic heterocycles. The van der Waals surface area contributed by atoms with Gasteiger partial charge in [0.2, 0.25) is 0 Å². The highest BCUT2D eigenvalue weighted by molar-refractivity contribution is 9.10. The van der Waals surface area contributed by atoms with Gasteiger partial charge in [0.1, 0.15) is 11.6 Å². The molecule has 0 radical (unpaired) electrons. The molecular formula is C10H8BrNO3S. The fraction of sp³-hybridized carbons (Fsp3) is 0.200. The standard InChI is InChI=1S/C10H8BrNO3S/c11-6-1-2-7-8(3-6)16-9(12-7)4-15-5-10(13)14/h1-3H,4-5H2,(H,13,14). The minimum atomic E-state index is -0.969. The Balaban J connectivity index is 2.10. The predicted octanol–water partition coefficient (Wildman–Crippen LogP) is 2.66. The first-order valence-corrected chi connectivity index (χ1v) is 6.10. The van der Waals surface area contributed by atoms with E-state index in [4.69, 9.17) is 9.84 Å². The van der Waals surface area contributed by atoms with E-state index in [1.165, 1.54) is 11.3 Å². The number of benzene rings is 1. The Kier molecular flexibility index (Phi) is 3.52. The number of nitrogens with zero attached hydrogens (tertiary/aromatic N) is 1. The third kappa shape index (κ3) is 2.78. The minimum absolute atomic E-state index is 0.239. The Morgan fingerprint density at radius 3 is 3.12 bits per heavy atom. The molecular weight excluding hydrogens is 294 g/mol. The van der Waals surface area contributed by atoms with Crippen molar-refractivity contribution in [1.82, 2.24) is 4.98 Å². The van der Waals surface area contributed by atoms with Crippen molar-refractivity contribution in [1.29, 1.82) is 0 Å². The van der Waals surface area contributed by atoms with Crippen LogP contribution in [0, 0.1) is 0 Å². The van der Waals surface area contributed by atoms with Crippen molar-refractivity contribution in [2.75, 3.05) is 6.61 Å². The molecule has 0 bridgehead atoms. The number of hydrogen-bond donors (Lipinski definition) is 1. The summed E-state index contributed by atoms with van der Waals surface area (Å²) in [5, 5.41) is 9.21. The first-order valence-electron chi connectivity index (χ1n) is 4.49. The van der Waals surface area contributed by atoms with Gasteiger partial charge in [-0.15, -0.1) is 11.3 Å². The van der Waals surface area contributed by atoms with Crippen LogP contribution in [0.15, 0.2) is 22.7 Å². The number of halogens is 1. The van der Waals surface area contributed by atoms with E-state index in [1.54, 1.807) is 0 Å². The number of carboxylic acid groups (broad SMARTS) is 1. The van der Waals surface area contributed by atoms with E-state index in [0.29, 0.717) is 0 Å². The molecule has 2 aromatic rings. The fourth-order valence-electron chi connectivity index (χ4n) is 1.23. The number of fused-ring (bicyclic) bond motifs is 1. The Morgan fingerprint density at radius 2 is 2.38 bits per heavy atom. The maximum atomic E-state index is 10.3. The Bertz CT molecular complexity index is 526. The lowest BCUT2D eigenvalue weighted by Crippen LogP contribution is -2.06. The van der Waals surface area contributed by atoms with Gasteiger partial charge in [0, 0.05) is 4.47 Å². The largest absolute Gasteiger partial charge is 0.480 e. The van der Waals surface area contributed by atoms with E-state index in [2.05, 4.69) is 20.9 Å². The molecule has 0 saturated carbocycles. The summed E-state index contributed by atoms with van der Waals surface area (Å²) in [7, 11) is 0. The van der Waals surface area contributed by atoms with Gasteiger partial charge < -0.3 is 9.84 Å². The number of ether oxygens (including phenoxy) is 1. The van der Waals surface area contributed by atoms with E-state index in [9.17, 15) is 4.79 Å². The lowest BCUT2D eigenvalue weighted by Gasteiger charge is -1.95. The second kappa shape index (κ2) is 4.90. The number of hydrogen-bond acceptors (Lipinski definition) is 4. The van der Waals surface area contributed by atoms with Gasteiger partial charge in [0.25, 0.3) is 0 Å². The summed E-state index contributed by atoms with van der Waals surface area (Å²) in [6.07, 6.45) is 0. The minimum Gasteiger partial charge on any atom is -0.480 e. The number of aliphatic carboxylic acids is 1. The van der Waals surface area contributed by atoms with E-state index in [-0.39, 0.29) is 13.2 Å². The summed E-state index contributed by atoms with van der Waals surface area (Å²) >= 11 is 4.89. The fourth-order valence-corrected chi connectivity index (χ4v) is 2.69. The molecule has 2 rings (SSSR count). The van der Waals surface area contributed by atoms with Crippen molar-refractivity contribution in [2.24, 2.45) is 0 Å². The molecule has 0 aliphatic rings. The summed E-state index contributed by atoms with van der Waals surface area (Å²) in [6, 6.07) is 5.81. The molecule has 16 heavy (non-hydrogen) atoms. The summed E-state index contributed by atoms with van der Waals surface area (Å²) in [5.74, 6) is -0.969. The normalized spacial score (nSPS) is 10.8. The van der Waals surface area contributed by atoms with Crippen LogP contribution in [0.2, 0.25) is 0 Å². The van der Waals surface area contributed by atoms with Crippen molar-refractivity contribution in [3.63, 3.8) is 0 Å². The molecule has 0 spiro atoms. The monoisotopic (exact) mass is 301 g/mol. The summed E-state index contributed by atoms with van der Waals surface area (Å²) < 4.78 is 7.04. The van der Waals surface area contributed by atoms with Gasteiger partial charge in [-0.05, 0) is 18.2 Å². The Labute approximate surface area is 104 Å². The van der Waals surface area contributed by atoms with Crippen molar-refractivity contribution in [3.05, 3.63) is 27.7 Å². The van der Waals surface area contributed by atoms with Crippen molar-refractivity contribution < 1.29 is 14.6 Å². The average Bonchev–Trinajstić information content (AvgIpc) is 2.58. The third-order valence-electron chi connectivity index (χ3n) is 1.85. The van der Waals surface area contributed by atoms with Crippen molar-refractivity contribution in [2.45, 2.75) is 6.61 Å². The molecule has 0 atom stereocenters. The molecule has 84 valence electrons. The van der Waals surface area contributed by atoms with Crippen LogP contribution in [0.3, 0.4) is 0 Å². The second-order valence-corrected chi connectivity index (χ2v) is 5.14. The van der Waals surface area contributed by atoms with Crippen LogP contribution in [-0.4, -0.2) is 22.7 Å². The molecule has 1 N–H and O–H groups in total. The molecule has 0 unspecified atom stereocenters. The number of carbonyl (C=O) groups is 1. The molecule has 6 heteroatoms. The zero-order valence-corrected chi connectivity index (χ0v) is 10.5. The Hall–Kier alpha value is -0.980. The third-order valence-corrected chi connectivity index (χ3v) is 3.33. The number of rotatable bonds is 4. The second-order valence-electron chi connectivity index (χ2n) is 3.11. The molecule has 0 saturated heterocycles. The van der Waals surface area contributed by atoms with Crippen LogP contribution in [0.1, 0.15) is 5.01 Å². The molecule has 4 nitrogen and oxygen atoms in total. The van der Waals surface area contributed by atoms with E-state index in [1.807, 2.05) is 18.2 Å². The highest BCUT2D eigenvalue weighted by atomic mass is 79.9. The topological polar surface area (TPSA) is 59.4 Å². The number of thiazole rings is 1. The highest BCUT2D eigenvalue weighted by Crippen LogP contribution is 2.25. The molecule has 0 fully saturated rings.